The lowest BCUT2D eigenvalue weighted by atomic mass is 10.1. The van der Waals surface area contributed by atoms with Gasteiger partial charge in [-0.25, -0.2) is 4.39 Å². The number of ether oxygens (including phenoxy) is 1. The second kappa shape index (κ2) is 4.97. The maximum absolute atomic E-state index is 12.8. The third-order valence-corrected chi connectivity index (χ3v) is 2.63. The van der Waals surface area contributed by atoms with Gasteiger partial charge in [-0.15, -0.1) is 5.10 Å². The van der Waals surface area contributed by atoms with Crippen molar-refractivity contribution in [1.29, 1.82) is 0 Å². The van der Waals surface area contributed by atoms with Crippen molar-refractivity contribution >= 4 is 0 Å². The van der Waals surface area contributed by atoms with Gasteiger partial charge in [0.25, 0.3) is 0 Å². The van der Waals surface area contributed by atoms with Crippen molar-refractivity contribution in [3.8, 4) is 11.8 Å². The van der Waals surface area contributed by atoms with Crippen LogP contribution in [0.4, 0.5) is 4.39 Å². The second-order valence-electron chi connectivity index (χ2n) is 4.83. The van der Waals surface area contributed by atoms with Crippen molar-refractivity contribution in [3.63, 3.8) is 0 Å². The van der Waals surface area contributed by atoms with Crippen LogP contribution in [-0.2, 0) is 12.1 Å². The first-order valence-electron chi connectivity index (χ1n) is 6.08. The maximum atomic E-state index is 12.8. The van der Waals surface area contributed by atoms with Crippen molar-refractivity contribution in [1.82, 2.24) is 14.8 Å². The number of aromatic nitrogens is 3. The summed E-state index contributed by atoms with van der Waals surface area (Å²) in [6.07, 6.45) is 0. The monoisotopic (exact) mass is 264 g/mol. The molecule has 0 bridgehead atoms. The highest BCUT2D eigenvalue weighted by atomic mass is 19.1. The van der Waals surface area contributed by atoms with E-state index >= 15 is 0 Å². The molecule has 19 heavy (non-hydrogen) atoms. The van der Waals surface area contributed by atoms with Gasteiger partial charge in [0, 0.05) is 6.54 Å². The van der Waals surface area contributed by atoms with Crippen molar-refractivity contribution in [2.75, 3.05) is 0 Å². The van der Waals surface area contributed by atoms with Crippen molar-refractivity contribution in [3.05, 3.63) is 35.9 Å². The molecule has 0 aliphatic rings. The summed E-state index contributed by atoms with van der Waals surface area (Å²) in [6, 6.07) is 6.09. The van der Waals surface area contributed by atoms with E-state index in [1.165, 1.54) is 24.3 Å². The minimum atomic E-state index is -0.604. The normalized spacial score (nSPS) is 11.6. The van der Waals surface area contributed by atoms with Crippen LogP contribution in [0.5, 0.6) is 11.8 Å². The van der Waals surface area contributed by atoms with Crippen LogP contribution >= 0.6 is 0 Å². The molecule has 0 fully saturated rings. The van der Waals surface area contributed by atoms with Crippen LogP contribution < -0.4 is 10.5 Å². The van der Waals surface area contributed by atoms with Gasteiger partial charge in [0.05, 0.1) is 5.54 Å². The van der Waals surface area contributed by atoms with E-state index in [9.17, 15) is 4.39 Å². The Morgan fingerprint density at radius 1 is 1.26 bits per heavy atom. The molecule has 0 aliphatic carbocycles. The second-order valence-corrected chi connectivity index (χ2v) is 4.83. The molecule has 0 radical (unpaired) electrons. The van der Waals surface area contributed by atoms with E-state index in [1.54, 1.807) is 4.57 Å². The molecule has 0 aliphatic heterocycles. The molecule has 1 aromatic carbocycles. The zero-order chi connectivity index (χ0) is 14.0. The maximum Gasteiger partial charge on any atom is 0.322 e. The Kier molecular flexibility index (Phi) is 3.53. The molecule has 0 amide bonds. The van der Waals surface area contributed by atoms with Gasteiger partial charge in [-0.2, -0.15) is 0 Å². The number of hydrogen-bond acceptors (Lipinski definition) is 4. The molecule has 1 aromatic heterocycles. The Morgan fingerprint density at radius 2 is 1.89 bits per heavy atom. The molecule has 0 saturated carbocycles. The van der Waals surface area contributed by atoms with E-state index in [0.717, 1.165) is 0 Å². The Labute approximate surface area is 111 Å². The first kappa shape index (κ1) is 13.5. The van der Waals surface area contributed by atoms with Gasteiger partial charge in [0.2, 0.25) is 0 Å². The van der Waals surface area contributed by atoms with Crippen molar-refractivity contribution in [2.45, 2.75) is 32.9 Å². The molecule has 0 spiro atoms. The first-order chi connectivity index (χ1) is 8.91. The smallest absolute Gasteiger partial charge is 0.322 e. The quantitative estimate of drug-likeness (QED) is 0.921. The molecule has 102 valence electrons. The highest BCUT2D eigenvalue weighted by Gasteiger charge is 2.24. The fourth-order valence-corrected chi connectivity index (χ4v) is 1.73. The van der Waals surface area contributed by atoms with Gasteiger partial charge >= 0.3 is 6.01 Å². The highest BCUT2D eigenvalue weighted by molar-refractivity contribution is 5.25. The predicted octanol–water partition coefficient (Wildman–Crippen LogP) is 2.42. The zero-order valence-electron chi connectivity index (χ0n) is 11.2. The number of benzene rings is 1. The van der Waals surface area contributed by atoms with E-state index in [4.69, 9.17) is 10.5 Å². The summed E-state index contributed by atoms with van der Waals surface area (Å²) >= 11 is 0. The van der Waals surface area contributed by atoms with E-state index in [-0.39, 0.29) is 5.82 Å². The van der Waals surface area contributed by atoms with Crippen molar-refractivity contribution in [2.24, 2.45) is 5.73 Å². The fourth-order valence-electron chi connectivity index (χ4n) is 1.73. The number of rotatable bonds is 4. The minimum Gasteiger partial charge on any atom is -0.424 e. The molecule has 1 heterocycles. The Hall–Kier alpha value is -1.95. The zero-order valence-corrected chi connectivity index (χ0v) is 11.2. The topological polar surface area (TPSA) is 66.0 Å². The number of hydrogen-bond donors (Lipinski definition) is 1. The van der Waals surface area contributed by atoms with Crippen LogP contribution in [0.25, 0.3) is 0 Å². The number of halogens is 1. The van der Waals surface area contributed by atoms with E-state index in [0.29, 0.717) is 24.1 Å². The van der Waals surface area contributed by atoms with Gasteiger partial charge in [-0.3, -0.25) is 4.57 Å². The summed E-state index contributed by atoms with van der Waals surface area (Å²) in [7, 11) is 0. The van der Waals surface area contributed by atoms with Crippen LogP contribution in [-0.4, -0.2) is 14.8 Å². The molecule has 5 nitrogen and oxygen atoms in total. The molecular formula is C13H17FN4O. The standard InChI is InChI=1S/C13H17FN4O/c1-4-18-11(13(2,3)15)16-17-12(18)19-10-7-5-9(14)6-8-10/h5-8H,4,15H2,1-3H3. The molecular weight excluding hydrogens is 247 g/mol. The van der Waals surface area contributed by atoms with Gasteiger partial charge in [0.15, 0.2) is 5.82 Å². The van der Waals surface area contributed by atoms with E-state index in [2.05, 4.69) is 10.2 Å². The fraction of sp³-hybridized carbons (Fsp3) is 0.385. The predicted molar refractivity (Wildman–Crippen MR) is 69.4 cm³/mol. The van der Waals surface area contributed by atoms with E-state index < -0.39 is 5.54 Å². The Bertz CT molecular complexity index is 557. The van der Waals surface area contributed by atoms with Crippen LogP contribution in [0, 0.1) is 5.82 Å². The average molecular weight is 264 g/mol. The summed E-state index contributed by atoms with van der Waals surface area (Å²) < 4.78 is 20.2. The van der Waals surface area contributed by atoms with E-state index in [1.807, 2.05) is 20.8 Å². The number of nitrogens with zero attached hydrogens (tertiary/aromatic N) is 3. The molecule has 6 heteroatoms. The van der Waals surface area contributed by atoms with Gasteiger partial charge in [-0.1, -0.05) is 5.10 Å². The summed E-state index contributed by atoms with van der Waals surface area (Å²) in [5.41, 5.74) is 5.43. The van der Waals surface area contributed by atoms with Crippen LogP contribution in [0.2, 0.25) is 0 Å². The molecule has 0 unspecified atom stereocenters. The summed E-state index contributed by atoms with van der Waals surface area (Å²) in [5, 5.41) is 8.05. The third kappa shape index (κ3) is 2.90. The molecule has 2 N–H and O–H groups in total. The Balaban J connectivity index is 2.31. The summed E-state index contributed by atoms with van der Waals surface area (Å²) in [4.78, 5) is 0. The summed E-state index contributed by atoms with van der Waals surface area (Å²) in [5.74, 6) is 0.838. The summed E-state index contributed by atoms with van der Waals surface area (Å²) in [6.45, 7) is 6.30. The van der Waals surface area contributed by atoms with Crippen LogP contribution in [0.3, 0.4) is 0 Å². The highest BCUT2D eigenvalue weighted by Crippen LogP contribution is 2.24. The Morgan fingerprint density at radius 3 is 2.42 bits per heavy atom. The average Bonchev–Trinajstić information content (AvgIpc) is 2.74. The lowest BCUT2D eigenvalue weighted by molar-refractivity contribution is 0.397. The largest absolute Gasteiger partial charge is 0.424 e. The lowest BCUT2D eigenvalue weighted by Gasteiger charge is -2.18. The molecule has 2 rings (SSSR count). The van der Waals surface area contributed by atoms with Gasteiger partial charge in [0.1, 0.15) is 11.6 Å². The molecule has 2 aromatic rings. The SMILES string of the molecule is CCn1c(Oc2ccc(F)cc2)nnc1C(C)(C)N. The van der Waals surface area contributed by atoms with Crippen LogP contribution in [0.15, 0.2) is 24.3 Å². The van der Waals surface area contributed by atoms with Crippen LogP contribution in [0.1, 0.15) is 26.6 Å². The third-order valence-electron chi connectivity index (χ3n) is 2.63. The number of nitrogens with two attached hydrogens (primary N) is 1. The molecule has 0 saturated heterocycles. The van der Waals surface area contributed by atoms with Gasteiger partial charge < -0.3 is 10.5 Å². The lowest BCUT2D eigenvalue weighted by Crippen LogP contribution is -2.32. The molecule has 0 atom stereocenters. The first-order valence-corrected chi connectivity index (χ1v) is 6.08. The minimum absolute atomic E-state index is 0.312. The van der Waals surface area contributed by atoms with Crippen molar-refractivity contribution < 1.29 is 9.13 Å². The van der Waals surface area contributed by atoms with Gasteiger partial charge in [-0.05, 0) is 45.0 Å².